The Balaban J connectivity index is 2.80. The SMILES string of the molecule is S=[PH](I)I. The van der Waals surface area contributed by atoms with Crippen LogP contribution in [-0.2, 0) is 11.8 Å². The van der Waals surface area contributed by atoms with Crippen molar-refractivity contribution in [3.8, 4) is 0 Å². The van der Waals surface area contributed by atoms with Crippen molar-refractivity contribution in [2.45, 2.75) is 0 Å². The summed E-state index contributed by atoms with van der Waals surface area (Å²) in [4.78, 5) is 0. The lowest BCUT2D eigenvalue weighted by molar-refractivity contribution is 6.23. The van der Waals surface area contributed by atoms with Crippen LogP contribution in [0.5, 0.6) is 0 Å². The van der Waals surface area contributed by atoms with E-state index < -0.39 is 0 Å². The molecule has 0 N–H and O–H groups in total. The molecule has 0 aromatic heterocycles. The smallest absolute Gasteiger partial charge is 0.0569 e. The van der Waals surface area contributed by atoms with Crippen LogP contribution < -0.4 is 0 Å². The van der Waals surface area contributed by atoms with Crippen LogP contribution in [0.4, 0.5) is 0 Å². The van der Waals surface area contributed by atoms with E-state index in [9.17, 15) is 0 Å². The minimum Gasteiger partial charge on any atom is -0.0786 e. The van der Waals surface area contributed by atoms with Gasteiger partial charge in [0.05, 0.1) is 1.98 Å². The molecule has 0 saturated carbocycles. The summed E-state index contributed by atoms with van der Waals surface area (Å²) in [5.41, 5.74) is 0. The Labute approximate surface area is 57.1 Å². The molecule has 0 aliphatic rings. The van der Waals surface area contributed by atoms with Crippen LogP contribution in [0, 0.1) is 0 Å². The van der Waals surface area contributed by atoms with Gasteiger partial charge in [0.1, 0.15) is 0 Å². The van der Waals surface area contributed by atoms with Crippen molar-refractivity contribution in [2.75, 3.05) is 0 Å². The lowest BCUT2D eigenvalue weighted by Crippen LogP contribution is -0.862. The molecule has 0 atom stereocenters. The predicted octanol–water partition coefficient (Wildman–Crippen LogP) is 2.36. The first-order valence-electron chi connectivity index (χ1n) is 0.582. The first-order valence-corrected chi connectivity index (χ1v) is 9.44. The van der Waals surface area contributed by atoms with Crippen molar-refractivity contribution in [1.82, 2.24) is 0 Å². The Morgan fingerprint density at radius 2 is 1.50 bits per heavy atom. The Bertz CT molecular complexity index is 29.0. The van der Waals surface area contributed by atoms with E-state index in [0.29, 0.717) is 0 Å². The molecule has 0 aliphatic heterocycles. The fourth-order valence-corrected chi connectivity index (χ4v) is 0. The highest BCUT2D eigenvalue weighted by atomic mass is 127. The molecular formula is HI2PS. The van der Waals surface area contributed by atoms with Crippen LogP contribution in [0.15, 0.2) is 0 Å². The van der Waals surface area contributed by atoms with Gasteiger partial charge < -0.3 is 0 Å². The highest BCUT2D eigenvalue weighted by Crippen LogP contribution is 2.40. The largest absolute Gasteiger partial charge is 0.0786 e. The molecule has 4 heteroatoms. The van der Waals surface area contributed by atoms with E-state index in [1.54, 1.807) is 0 Å². The molecular weight excluding hydrogens is 317 g/mol. The summed E-state index contributed by atoms with van der Waals surface area (Å²) < 4.78 is -0.356. The molecule has 0 heterocycles. The van der Waals surface area contributed by atoms with Gasteiger partial charge in [0, 0.05) is 0 Å². The molecule has 0 saturated heterocycles. The van der Waals surface area contributed by atoms with Gasteiger partial charge in [-0.3, -0.25) is 0 Å². The normalized spacial score (nSPS) is 8.75. The Morgan fingerprint density at radius 3 is 1.50 bits per heavy atom. The summed E-state index contributed by atoms with van der Waals surface area (Å²) in [5.74, 6) is 0. The van der Waals surface area contributed by atoms with Crippen LogP contribution in [0.25, 0.3) is 0 Å². The maximum absolute atomic E-state index is 4.70. The minimum atomic E-state index is -0.356. The highest BCUT2D eigenvalue weighted by molar-refractivity contribution is 14.3. The van der Waals surface area contributed by atoms with Crippen LogP contribution in [0.1, 0.15) is 0 Å². The highest BCUT2D eigenvalue weighted by Gasteiger charge is 1.59. The molecule has 0 aliphatic carbocycles. The molecule has 0 rings (SSSR count). The first-order chi connectivity index (χ1) is 1.73. The fourth-order valence-electron chi connectivity index (χ4n) is 0. The third kappa shape index (κ3) is 8.93. The van der Waals surface area contributed by atoms with Gasteiger partial charge in [-0.1, -0.05) is 11.8 Å². The second kappa shape index (κ2) is 3.31. The van der Waals surface area contributed by atoms with E-state index in [-0.39, 0.29) is 1.98 Å². The lowest BCUT2D eigenvalue weighted by atomic mass is 30.6. The van der Waals surface area contributed by atoms with Crippen molar-refractivity contribution in [3.63, 3.8) is 0 Å². The van der Waals surface area contributed by atoms with Gasteiger partial charge in [-0.15, -0.1) is 0 Å². The molecule has 0 bridgehead atoms. The van der Waals surface area contributed by atoms with E-state index in [1.165, 1.54) is 0 Å². The van der Waals surface area contributed by atoms with Crippen LogP contribution in [0.3, 0.4) is 0 Å². The maximum Gasteiger partial charge on any atom is 0.0569 e. The van der Waals surface area contributed by atoms with E-state index >= 15 is 0 Å². The summed E-state index contributed by atoms with van der Waals surface area (Å²) in [6.45, 7) is 0. The van der Waals surface area contributed by atoms with Crippen molar-refractivity contribution in [2.24, 2.45) is 0 Å². The molecule has 0 unspecified atom stereocenters. The second-order valence-electron chi connectivity index (χ2n) is 0.226. The van der Waals surface area contributed by atoms with Crippen molar-refractivity contribution in [1.29, 1.82) is 0 Å². The molecule has 0 amide bonds. The molecule has 4 heavy (non-hydrogen) atoms. The van der Waals surface area contributed by atoms with Crippen molar-refractivity contribution >= 4 is 57.9 Å². The lowest BCUT2D eigenvalue weighted by Gasteiger charge is -1.57. The number of hydrogen-bond acceptors (Lipinski definition) is 1. The number of rotatable bonds is 0. The Kier molecular flexibility index (Phi) is 5.05. The van der Waals surface area contributed by atoms with Gasteiger partial charge >= 0.3 is 0 Å². The van der Waals surface area contributed by atoms with Gasteiger partial charge in [-0.05, 0) is 44.1 Å². The predicted molar refractivity (Wildman–Crippen MR) is 43.7 cm³/mol. The average molecular weight is 318 g/mol. The van der Waals surface area contributed by atoms with Gasteiger partial charge in [-0.2, -0.15) is 0 Å². The van der Waals surface area contributed by atoms with Crippen molar-refractivity contribution in [3.05, 3.63) is 0 Å². The van der Waals surface area contributed by atoms with E-state index in [2.05, 4.69) is 44.1 Å². The molecule has 0 spiro atoms. The van der Waals surface area contributed by atoms with Crippen LogP contribution in [0.2, 0.25) is 0 Å². The molecule has 0 nitrogen and oxygen atoms in total. The van der Waals surface area contributed by atoms with E-state index in [4.69, 9.17) is 11.8 Å². The number of halogens is 2. The van der Waals surface area contributed by atoms with Gasteiger partial charge in [-0.25, -0.2) is 0 Å². The fraction of sp³-hybridized carbons (Fsp3) is 0. The Hall–Kier alpha value is 2.11. The van der Waals surface area contributed by atoms with Crippen LogP contribution >= 0.6 is 46.1 Å². The summed E-state index contributed by atoms with van der Waals surface area (Å²) in [6.07, 6.45) is 0. The van der Waals surface area contributed by atoms with E-state index in [1.807, 2.05) is 0 Å². The molecule has 0 aromatic carbocycles. The topological polar surface area (TPSA) is 0 Å². The first kappa shape index (κ1) is 6.11. The van der Waals surface area contributed by atoms with Gasteiger partial charge in [0.15, 0.2) is 0 Å². The molecule has 0 radical (unpaired) electrons. The zero-order valence-electron chi connectivity index (χ0n) is 1.66. The minimum absolute atomic E-state index is 0.356. The van der Waals surface area contributed by atoms with E-state index in [0.717, 1.165) is 0 Å². The van der Waals surface area contributed by atoms with Crippen LogP contribution in [-0.4, -0.2) is 0 Å². The molecule has 0 fully saturated rings. The summed E-state index contributed by atoms with van der Waals surface area (Å²) >= 11 is 9.19. The monoisotopic (exact) mass is 318 g/mol. The molecule has 26 valence electrons. The van der Waals surface area contributed by atoms with Crippen molar-refractivity contribution < 1.29 is 0 Å². The number of hydrogen-bond donors (Lipinski definition) is 0. The standard InChI is InChI=1S/HI2PS/c1-3(2)4/h3H. The van der Waals surface area contributed by atoms with Gasteiger partial charge in [0.25, 0.3) is 0 Å². The third-order valence-corrected chi connectivity index (χ3v) is 0. The average Bonchev–Trinajstić information content (AvgIpc) is 0.811. The zero-order chi connectivity index (χ0) is 3.58. The zero-order valence-corrected chi connectivity index (χ0v) is 7.80. The van der Waals surface area contributed by atoms with Gasteiger partial charge in [0.2, 0.25) is 0 Å². The third-order valence-electron chi connectivity index (χ3n) is 0. The Morgan fingerprint density at radius 1 is 1.50 bits per heavy atom. The quantitative estimate of drug-likeness (QED) is 0.488. The summed E-state index contributed by atoms with van der Waals surface area (Å²) in [7, 11) is 0. The maximum atomic E-state index is 4.70. The summed E-state index contributed by atoms with van der Waals surface area (Å²) in [6, 6.07) is 0. The summed E-state index contributed by atoms with van der Waals surface area (Å²) in [5, 5.41) is 0. The second-order valence-corrected chi connectivity index (χ2v) is 19.0. The molecule has 0 aromatic rings.